The van der Waals surface area contributed by atoms with Gasteiger partial charge in [0.15, 0.2) is 5.16 Å². The normalized spacial score (nSPS) is 11.0. The number of aromatic nitrogens is 3. The van der Waals surface area contributed by atoms with Gasteiger partial charge < -0.3 is 10.4 Å². The summed E-state index contributed by atoms with van der Waals surface area (Å²) in [5.41, 5.74) is 3.52. The molecular formula is C20H24N4OS. The minimum Gasteiger partial charge on any atom is -0.395 e. The molecule has 0 aliphatic heterocycles. The van der Waals surface area contributed by atoms with Crippen molar-refractivity contribution in [2.75, 3.05) is 25.4 Å². The van der Waals surface area contributed by atoms with Gasteiger partial charge in [-0.1, -0.05) is 54.2 Å². The van der Waals surface area contributed by atoms with Crippen LogP contribution in [0.3, 0.4) is 0 Å². The maximum atomic E-state index is 8.85. The molecule has 0 fully saturated rings. The number of benzene rings is 2. The molecule has 0 radical (unpaired) electrons. The Labute approximate surface area is 158 Å². The van der Waals surface area contributed by atoms with Gasteiger partial charge in [-0.3, -0.25) is 4.57 Å². The summed E-state index contributed by atoms with van der Waals surface area (Å²) >= 11 is 1.67. The smallest absolute Gasteiger partial charge is 0.195 e. The Morgan fingerprint density at radius 3 is 2.65 bits per heavy atom. The zero-order valence-electron chi connectivity index (χ0n) is 14.9. The van der Waals surface area contributed by atoms with Crippen LogP contribution in [0.1, 0.15) is 17.0 Å². The molecule has 6 heteroatoms. The average Bonchev–Trinajstić information content (AvgIpc) is 3.05. The Kier molecular flexibility index (Phi) is 6.82. The topological polar surface area (TPSA) is 63.0 Å². The van der Waals surface area contributed by atoms with Crippen molar-refractivity contribution in [3.05, 3.63) is 71.5 Å². The second-order valence-electron chi connectivity index (χ2n) is 6.06. The molecule has 1 heterocycles. The summed E-state index contributed by atoms with van der Waals surface area (Å²) < 4.78 is 2.15. The lowest BCUT2D eigenvalue weighted by Gasteiger charge is -2.11. The molecule has 5 nitrogen and oxygen atoms in total. The van der Waals surface area contributed by atoms with Crippen LogP contribution in [-0.2, 0) is 6.42 Å². The second kappa shape index (κ2) is 9.52. The van der Waals surface area contributed by atoms with Crippen LogP contribution in [0.5, 0.6) is 0 Å². The molecule has 2 aromatic carbocycles. The van der Waals surface area contributed by atoms with Crippen LogP contribution >= 0.6 is 11.8 Å². The van der Waals surface area contributed by atoms with E-state index in [1.807, 2.05) is 18.2 Å². The minimum atomic E-state index is 0.158. The van der Waals surface area contributed by atoms with Gasteiger partial charge in [0.25, 0.3) is 0 Å². The van der Waals surface area contributed by atoms with E-state index in [2.05, 4.69) is 63.4 Å². The van der Waals surface area contributed by atoms with Gasteiger partial charge in [-0.2, -0.15) is 0 Å². The van der Waals surface area contributed by atoms with E-state index in [-0.39, 0.29) is 6.61 Å². The molecule has 0 spiro atoms. The van der Waals surface area contributed by atoms with Crippen molar-refractivity contribution in [3.8, 4) is 5.69 Å². The van der Waals surface area contributed by atoms with Crippen molar-refractivity contribution in [1.82, 2.24) is 20.1 Å². The zero-order chi connectivity index (χ0) is 18.2. The van der Waals surface area contributed by atoms with Crippen LogP contribution < -0.4 is 5.32 Å². The van der Waals surface area contributed by atoms with Crippen molar-refractivity contribution >= 4 is 11.8 Å². The summed E-state index contributed by atoms with van der Waals surface area (Å²) in [5.74, 6) is 1.81. The Balaban J connectivity index is 1.84. The third-order valence-corrected chi connectivity index (χ3v) is 4.89. The standard InChI is InChI=1S/C20H24N4OS/c1-16-6-5-9-18(14-16)24-19(15-17-7-3-2-4-8-17)22-23-20(24)26-13-11-21-10-12-25/h2-9,14,21,25H,10-13,15H2,1H3. The van der Waals surface area contributed by atoms with E-state index in [1.165, 1.54) is 11.1 Å². The zero-order valence-corrected chi connectivity index (χ0v) is 15.7. The molecule has 0 saturated heterocycles. The number of nitrogens with zero attached hydrogens (tertiary/aromatic N) is 3. The van der Waals surface area contributed by atoms with Crippen LogP contribution in [0.2, 0.25) is 0 Å². The lowest BCUT2D eigenvalue weighted by Crippen LogP contribution is -2.20. The van der Waals surface area contributed by atoms with E-state index in [0.717, 1.165) is 35.4 Å². The van der Waals surface area contributed by atoms with E-state index in [0.29, 0.717) is 6.54 Å². The number of hydrogen-bond donors (Lipinski definition) is 2. The number of aliphatic hydroxyl groups is 1. The maximum Gasteiger partial charge on any atom is 0.195 e. The maximum absolute atomic E-state index is 8.85. The Hall–Kier alpha value is -2.15. The van der Waals surface area contributed by atoms with Crippen molar-refractivity contribution in [1.29, 1.82) is 0 Å². The fourth-order valence-electron chi connectivity index (χ4n) is 2.73. The quantitative estimate of drug-likeness (QED) is 0.449. The molecule has 3 rings (SSSR count). The third kappa shape index (κ3) is 4.94. The number of aryl methyl sites for hydroxylation is 1. The van der Waals surface area contributed by atoms with Crippen molar-refractivity contribution in [2.45, 2.75) is 18.5 Å². The number of nitrogens with one attached hydrogen (secondary N) is 1. The Morgan fingerprint density at radius 2 is 1.88 bits per heavy atom. The molecule has 26 heavy (non-hydrogen) atoms. The minimum absolute atomic E-state index is 0.158. The molecule has 3 aromatic rings. The molecule has 0 aliphatic rings. The molecule has 0 unspecified atom stereocenters. The predicted molar refractivity (Wildman–Crippen MR) is 106 cm³/mol. The highest BCUT2D eigenvalue weighted by Crippen LogP contribution is 2.23. The molecule has 1 aromatic heterocycles. The molecule has 0 aliphatic carbocycles. The van der Waals surface area contributed by atoms with Crippen molar-refractivity contribution in [2.24, 2.45) is 0 Å². The van der Waals surface area contributed by atoms with Gasteiger partial charge in [0.2, 0.25) is 0 Å². The molecule has 2 N–H and O–H groups in total. The van der Waals surface area contributed by atoms with Gasteiger partial charge in [0.05, 0.1) is 6.61 Å². The number of aliphatic hydroxyl groups excluding tert-OH is 1. The van der Waals surface area contributed by atoms with Crippen LogP contribution in [0.15, 0.2) is 59.8 Å². The molecule has 0 saturated carbocycles. The fraction of sp³-hybridized carbons (Fsp3) is 0.300. The average molecular weight is 369 g/mol. The first kappa shape index (κ1) is 18.6. The van der Waals surface area contributed by atoms with Gasteiger partial charge in [0.1, 0.15) is 5.82 Å². The summed E-state index contributed by atoms with van der Waals surface area (Å²) in [5, 5.41) is 21.8. The lowest BCUT2D eigenvalue weighted by atomic mass is 10.1. The highest BCUT2D eigenvalue weighted by molar-refractivity contribution is 7.99. The van der Waals surface area contributed by atoms with Gasteiger partial charge in [-0.15, -0.1) is 10.2 Å². The third-order valence-electron chi connectivity index (χ3n) is 3.96. The molecule has 0 atom stereocenters. The summed E-state index contributed by atoms with van der Waals surface area (Å²) in [4.78, 5) is 0. The number of hydrogen-bond acceptors (Lipinski definition) is 5. The van der Waals surface area contributed by atoms with E-state index in [4.69, 9.17) is 5.11 Å². The second-order valence-corrected chi connectivity index (χ2v) is 7.12. The first-order valence-corrected chi connectivity index (χ1v) is 9.76. The van der Waals surface area contributed by atoms with Crippen molar-refractivity contribution < 1.29 is 5.11 Å². The van der Waals surface area contributed by atoms with E-state index < -0.39 is 0 Å². The molecular weight excluding hydrogens is 344 g/mol. The van der Waals surface area contributed by atoms with Gasteiger partial charge in [-0.25, -0.2) is 0 Å². The van der Waals surface area contributed by atoms with Crippen LogP contribution in [0, 0.1) is 6.92 Å². The monoisotopic (exact) mass is 368 g/mol. The summed E-state index contributed by atoms with van der Waals surface area (Å²) in [6, 6.07) is 18.8. The summed E-state index contributed by atoms with van der Waals surface area (Å²) in [6.45, 7) is 3.69. The van der Waals surface area contributed by atoms with Gasteiger partial charge >= 0.3 is 0 Å². The summed E-state index contributed by atoms with van der Waals surface area (Å²) in [7, 11) is 0. The van der Waals surface area contributed by atoms with Crippen LogP contribution in [0.4, 0.5) is 0 Å². The van der Waals surface area contributed by atoms with Crippen LogP contribution in [-0.4, -0.2) is 45.3 Å². The van der Waals surface area contributed by atoms with Crippen molar-refractivity contribution in [3.63, 3.8) is 0 Å². The lowest BCUT2D eigenvalue weighted by molar-refractivity contribution is 0.294. The largest absolute Gasteiger partial charge is 0.395 e. The van der Waals surface area contributed by atoms with Gasteiger partial charge in [0, 0.05) is 31.0 Å². The first-order chi connectivity index (χ1) is 12.8. The highest BCUT2D eigenvalue weighted by Gasteiger charge is 2.15. The SMILES string of the molecule is Cc1cccc(-n2c(Cc3ccccc3)nnc2SCCNCCO)c1. The number of thioether (sulfide) groups is 1. The fourth-order valence-corrected chi connectivity index (χ4v) is 3.60. The molecule has 136 valence electrons. The Morgan fingerprint density at radius 1 is 1.04 bits per heavy atom. The first-order valence-electron chi connectivity index (χ1n) is 8.77. The van der Waals surface area contributed by atoms with E-state index in [9.17, 15) is 0 Å². The predicted octanol–water partition coefficient (Wildman–Crippen LogP) is 2.84. The summed E-state index contributed by atoms with van der Waals surface area (Å²) in [6.07, 6.45) is 0.741. The number of rotatable bonds is 9. The van der Waals surface area contributed by atoms with Crippen LogP contribution in [0.25, 0.3) is 5.69 Å². The highest BCUT2D eigenvalue weighted by atomic mass is 32.2. The van der Waals surface area contributed by atoms with E-state index in [1.54, 1.807) is 11.8 Å². The van der Waals surface area contributed by atoms with E-state index >= 15 is 0 Å². The molecule has 0 bridgehead atoms. The Bertz CT molecular complexity index is 820. The molecule has 0 amide bonds. The van der Waals surface area contributed by atoms with Gasteiger partial charge in [-0.05, 0) is 30.2 Å².